The predicted molar refractivity (Wildman–Crippen MR) is 143 cm³/mol. The maximum Gasteiger partial charge on any atom is 0.319 e. The van der Waals surface area contributed by atoms with Crippen LogP contribution in [0.1, 0.15) is 22.6 Å². The second-order valence-corrected chi connectivity index (χ2v) is 10.3. The second kappa shape index (κ2) is 8.91. The minimum atomic E-state index is -1.15. The molecule has 0 radical (unpaired) electrons. The van der Waals surface area contributed by atoms with Gasteiger partial charge in [-0.3, -0.25) is 24.5 Å². The number of ether oxygens (including phenoxy) is 4. The molecule has 1 aliphatic carbocycles. The number of amides is 2. The van der Waals surface area contributed by atoms with Gasteiger partial charge in [-0.1, -0.05) is 24.3 Å². The molecule has 3 aromatic carbocycles. The molecule has 41 heavy (non-hydrogen) atoms. The van der Waals surface area contributed by atoms with Crippen molar-refractivity contribution in [3.8, 4) is 23.0 Å². The molecule has 0 unspecified atom stereocenters. The Bertz CT molecular complexity index is 1730. The summed E-state index contributed by atoms with van der Waals surface area (Å²) in [6.45, 7) is 1.93. The summed E-state index contributed by atoms with van der Waals surface area (Å²) in [4.78, 5) is 54.0. The van der Waals surface area contributed by atoms with Gasteiger partial charge in [-0.05, 0) is 54.0 Å². The minimum Gasteiger partial charge on any atom is -0.496 e. The highest BCUT2D eigenvalue weighted by atomic mass is 16.7. The number of anilines is 1. The Morgan fingerprint density at radius 3 is 2.49 bits per heavy atom. The quantitative estimate of drug-likeness (QED) is 0.153. The number of carbonyl (C=O) groups excluding carboxylic acids is 3. The van der Waals surface area contributed by atoms with Crippen molar-refractivity contribution in [2.45, 2.75) is 12.8 Å². The molecule has 3 aromatic rings. The fourth-order valence-corrected chi connectivity index (χ4v) is 6.32. The number of nitro benzene ring substituents is 1. The molecule has 0 aromatic heterocycles. The van der Waals surface area contributed by atoms with Gasteiger partial charge in [0.1, 0.15) is 17.2 Å². The Morgan fingerprint density at radius 1 is 0.927 bits per heavy atom. The van der Waals surface area contributed by atoms with Gasteiger partial charge in [-0.15, -0.1) is 0 Å². The summed E-state index contributed by atoms with van der Waals surface area (Å²) in [5, 5.41) is 12.0. The van der Waals surface area contributed by atoms with Gasteiger partial charge in [0.2, 0.25) is 18.6 Å². The van der Waals surface area contributed by atoms with Crippen LogP contribution in [-0.2, 0) is 14.4 Å². The first-order valence-electron chi connectivity index (χ1n) is 12.9. The van der Waals surface area contributed by atoms with E-state index in [1.165, 1.54) is 19.2 Å². The number of benzene rings is 3. The number of rotatable bonds is 4. The van der Waals surface area contributed by atoms with Crippen molar-refractivity contribution >= 4 is 34.7 Å². The second-order valence-electron chi connectivity index (χ2n) is 10.3. The molecule has 206 valence electrons. The van der Waals surface area contributed by atoms with Gasteiger partial charge < -0.3 is 18.9 Å². The van der Waals surface area contributed by atoms with Crippen molar-refractivity contribution in [1.82, 2.24) is 0 Å². The van der Waals surface area contributed by atoms with Gasteiger partial charge in [0, 0.05) is 11.5 Å². The van der Waals surface area contributed by atoms with Crippen LogP contribution in [0.15, 0.2) is 60.7 Å². The molecule has 11 heteroatoms. The van der Waals surface area contributed by atoms with Gasteiger partial charge >= 0.3 is 5.97 Å². The smallest absolute Gasteiger partial charge is 0.319 e. The molecule has 0 bridgehead atoms. The maximum atomic E-state index is 14.2. The largest absolute Gasteiger partial charge is 0.496 e. The summed E-state index contributed by atoms with van der Waals surface area (Å²) in [5.41, 5.74) is 2.14. The van der Waals surface area contributed by atoms with E-state index in [1.54, 1.807) is 24.3 Å². The molecule has 4 atom stereocenters. The molecule has 1 fully saturated rings. The summed E-state index contributed by atoms with van der Waals surface area (Å²) in [5.74, 6) is -4.28. The van der Waals surface area contributed by atoms with Crippen LogP contribution in [0.5, 0.6) is 23.0 Å². The van der Waals surface area contributed by atoms with Crippen LogP contribution in [0.4, 0.5) is 11.4 Å². The molecule has 11 nitrogen and oxygen atoms in total. The fraction of sp³-hybridized carbons (Fsp3) is 0.233. The van der Waals surface area contributed by atoms with Crippen molar-refractivity contribution in [3.05, 3.63) is 87.5 Å². The van der Waals surface area contributed by atoms with E-state index in [0.717, 1.165) is 16.5 Å². The molecule has 0 N–H and O–H groups in total. The molecular weight excluding hydrogens is 532 g/mol. The van der Waals surface area contributed by atoms with Crippen LogP contribution in [0, 0.1) is 34.8 Å². The number of nitrogens with zero attached hydrogens (tertiary/aromatic N) is 2. The van der Waals surface area contributed by atoms with Crippen molar-refractivity contribution in [2.24, 2.45) is 17.8 Å². The van der Waals surface area contributed by atoms with Crippen molar-refractivity contribution < 1.29 is 38.3 Å². The maximum absolute atomic E-state index is 14.2. The minimum absolute atomic E-state index is 0.0591. The lowest BCUT2D eigenvalue weighted by molar-refractivity contribution is -0.384. The third-order valence-corrected chi connectivity index (χ3v) is 8.15. The molecule has 7 rings (SSSR count). The molecule has 3 aliphatic heterocycles. The summed E-state index contributed by atoms with van der Waals surface area (Å²) in [7, 11) is 1.36. The van der Waals surface area contributed by atoms with Crippen LogP contribution < -0.4 is 23.8 Å². The number of aryl methyl sites for hydroxylation is 1. The van der Waals surface area contributed by atoms with E-state index in [4.69, 9.17) is 18.9 Å². The monoisotopic (exact) mass is 554 g/mol. The van der Waals surface area contributed by atoms with E-state index in [-0.39, 0.29) is 18.2 Å². The summed E-state index contributed by atoms with van der Waals surface area (Å²) >= 11 is 0. The van der Waals surface area contributed by atoms with Crippen LogP contribution in [-0.4, -0.2) is 36.6 Å². The molecule has 1 saturated heterocycles. The first kappa shape index (κ1) is 24.8. The third-order valence-electron chi connectivity index (χ3n) is 8.15. The number of hydrogen-bond acceptors (Lipinski definition) is 9. The summed E-state index contributed by atoms with van der Waals surface area (Å²) in [6, 6.07) is 14.7. The zero-order valence-corrected chi connectivity index (χ0v) is 21.9. The van der Waals surface area contributed by atoms with Crippen LogP contribution in [0.2, 0.25) is 0 Å². The first-order chi connectivity index (χ1) is 19.8. The Balaban J connectivity index is 1.42. The van der Waals surface area contributed by atoms with Gasteiger partial charge in [0.25, 0.3) is 5.69 Å². The van der Waals surface area contributed by atoms with Gasteiger partial charge in [0.05, 0.1) is 35.9 Å². The normalized spacial score (nSPS) is 23.8. The molecule has 2 amide bonds. The number of imide groups is 1. The third kappa shape index (κ3) is 3.62. The van der Waals surface area contributed by atoms with E-state index in [9.17, 15) is 24.5 Å². The number of allylic oxidation sites excluding steroid dienone is 1. The number of esters is 1. The highest BCUT2D eigenvalue weighted by molar-refractivity contribution is 6.25. The highest BCUT2D eigenvalue weighted by Gasteiger charge is 2.61. The lowest BCUT2D eigenvalue weighted by Crippen LogP contribution is -2.42. The van der Waals surface area contributed by atoms with Crippen molar-refractivity contribution in [3.63, 3.8) is 0 Å². The zero-order chi connectivity index (χ0) is 28.6. The van der Waals surface area contributed by atoms with Crippen LogP contribution in [0.25, 0.3) is 5.57 Å². The van der Waals surface area contributed by atoms with Gasteiger partial charge in [-0.2, -0.15) is 0 Å². The lowest BCUT2D eigenvalue weighted by atomic mass is 9.64. The Morgan fingerprint density at radius 2 is 1.71 bits per heavy atom. The van der Waals surface area contributed by atoms with E-state index >= 15 is 0 Å². The first-order valence-corrected chi connectivity index (χ1v) is 12.9. The van der Waals surface area contributed by atoms with Crippen LogP contribution in [0.3, 0.4) is 0 Å². The number of hydrogen-bond donors (Lipinski definition) is 0. The zero-order valence-electron chi connectivity index (χ0n) is 21.9. The van der Waals surface area contributed by atoms with Crippen molar-refractivity contribution in [2.75, 3.05) is 18.8 Å². The van der Waals surface area contributed by atoms with E-state index in [1.807, 2.05) is 25.1 Å². The Labute approximate surface area is 233 Å². The predicted octanol–water partition coefficient (Wildman–Crippen LogP) is 4.16. The standard InChI is InChI=1S/C30H22N2O9/c1-14-3-6-17-19-12-18(15-4-8-22-24(10-15)40-13-39-22)25-27(26(19)30(35)41-23(17)9-14)29(34)31(28(25)33)20-7-5-16(38-2)11-21(20)32(36)37/h3-12,18,25-27H,13H2,1-2H3/t18-,25-,26+,27-/m0/s1. The number of methoxy groups -OCH3 is 1. The van der Waals surface area contributed by atoms with Crippen LogP contribution >= 0.6 is 0 Å². The highest BCUT2D eigenvalue weighted by Crippen LogP contribution is 2.56. The number of carbonyl (C=O) groups is 3. The Kier molecular flexibility index (Phi) is 5.40. The van der Waals surface area contributed by atoms with E-state index in [2.05, 4.69) is 0 Å². The number of fused-ring (bicyclic) bond motifs is 6. The average molecular weight is 555 g/mol. The van der Waals surface area contributed by atoms with Gasteiger partial charge in [-0.25, -0.2) is 4.90 Å². The molecule has 0 saturated carbocycles. The molecule has 4 aliphatic rings. The fourth-order valence-electron chi connectivity index (χ4n) is 6.32. The SMILES string of the molecule is COc1ccc(N2C(=O)[C@@H]3[C@@H]4C(=O)Oc5cc(C)ccc5C4=C[C@@H](c4ccc5c(c4)OCO5)[C@@H]3C2=O)c([N+](=O)[O-])c1. The summed E-state index contributed by atoms with van der Waals surface area (Å²) in [6.07, 6.45) is 1.84. The lowest BCUT2D eigenvalue weighted by Gasteiger charge is -2.38. The summed E-state index contributed by atoms with van der Waals surface area (Å²) < 4.78 is 21.8. The average Bonchev–Trinajstić information content (AvgIpc) is 3.53. The topological polar surface area (TPSA) is 135 Å². The van der Waals surface area contributed by atoms with Crippen molar-refractivity contribution in [1.29, 1.82) is 0 Å². The molecule has 0 spiro atoms. The van der Waals surface area contributed by atoms with E-state index in [0.29, 0.717) is 33.9 Å². The van der Waals surface area contributed by atoms with E-state index < -0.39 is 52.1 Å². The molecular formula is C30H22N2O9. The Hall–Kier alpha value is -5.19. The number of nitro groups is 1. The van der Waals surface area contributed by atoms with Gasteiger partial charge in [0.15, 0.2) is 11.5 Å². The molecule has 3 heterocycles.